The van der Waals surface area contributed by atoms with Gasteiger partial charge in [0.2, 0.25) is 0 Å². The molecule has 0 aromatic heterocycles. The third-order valence-corrected chi connectivity index (χ3v) is 5.32. The number of nitrogens with one attached hydrogen (secondary N) is 1. The van der Waals surface area contributed by atoms with Crippen LogP contribution in [0.2, 0.25) is 0 Å². The number of nitrogens with two attached hydrogens (primary N) is 1. The lowest BCUT2D eigenvalue weighted by Crippen LogP contribution is -2.57. The summed E-state index contributed by atoms with van der Waals surface area (Å²) in [7, 11) is -3.42. The number of rotatable bonds is 9. The lowest BCUT2D eigenvalue weighted by atomic mass is 9.98. The van der Waals surface area contributed by atoms with Crippen LogP contribution in [-0.2, 0) is 10.2 Å². The second kappa shape index (κ2) is 6.32. The Labute approximate surface area is 111 Å². The van der Waals surface area contributed by atoms with E-state index in [9.17, 15) is 8.42 Å². The minimum Gasteiger partial charge on any atom is -0.329 e. The summed E-state index contributed by atoms with van der Waals surface area (Å²) in [6.07, 6.45) is 3.78. The molecule has 0 amide bonds. The van der Waals surface area contributed by atoms with Gasteiger partial charge in [-0.05, 0) is 38.5 Å². The molecule has 0 aromatic carbocycles. The molecule has 1 unspecified atom stereocenters. The zero-order valence-corrected chi connectivity index (χ0v) is 12.6. The lowest BCUT2D eigenvalue weighted by molar-refractivity contribution is 0.341. The molecule has 1 rings (SSSR count). The summed E-state index contributed by atoms with van der Waals surface area (Å²) in [6, 6.07) is 0. The molecule has 5 nitrogen and oxygen atoms in total. The molecule has 0 aliphatic heterocycles. The SMILES string of the molecule is CCCN(CCC)S(=O)(=O)NC(C)(CN)C1CC1. The highest BCUT2D eigenvalue weighted by Gasteiger charge is 2.43. The smallest absolute Gasteiger partial charge is 0.279 e. The predicted octanol–water partition coefficient (Wildman–Crippen LogP) is 1.07. The Balaban J connectivity index is 2.77. The van der Waals surface area contributed by atoms with E-state index in [0.717, 1.165) is 25.7 Å². The molecular weight excluding hydrogens is 250 g/mol. The van der Waals surface area contributed by atoms with Gasteiger partial charge >= 0.3 is 0 Å². The average molecular weight is 277 g/mol. The zero-order valence-electron chi connectivity index (χ0n) is 11.8. The summed E-state index contributed by atoms with van der Waals surface area (Å²) in [5, 5.41) is 0. The third-order valence-electron chi connectivity index (χ3n) is 3.55. The van der Waals surface area contributed by atoms with Crippen molar-refractivity contribution >= 4 is 10.2 Å². The first kappa shape index (κ1) is 15.9. The van der Waals surface area contributed by atoms with Crippen LogP contribution in [0.3, 0.4) is 0 Å². The van der Waals surface area contributed by atoms with Gasteiger partial charge in [0.25, 0.3) is 10.2 Å². The quantitative estimate of drug-likeness (QED) is 0.662. The van der Waals surface area contributed by atoms with Crippen molar-refractivity contribution in [3.05, 3.63) is 0 Å². The Kier molecular flexibility index (Phi) is 5.58. The molecule has 0 saturated heterocycles. The fourth-order valence-electron chi connectivity index (χ4n) is 2.22. The molecule has 0 bridgehead atoms. The maximum Gasteiger partial charge on any atom is 0.279 e. The summed E-state index contributed by atoms with van der Waals surface area (Å²) in [5.41, 5.74) is 5.27. The van der Waals surface area contributed by atoms with E-state index in [1.165, 1.54) is 4.31 Å². The van der Waals surface area contributed by atoms with Crippen LogP contribution >= 0.6 is 0 Å². The monoisotopic (exact) mass is 277 g/mol. The van der Waals surface area contributed by atoms with Crippen molar-refractivity contribution < 1.29 is 8.42 Å². The highest BCUT2D eigenvalue weighted by molar-refractivity contribution is 7.87. The van der Waals surface area contributed by atoms with E-state index in [1.807, 2.05) is 20.8 Å². The Morgan fingerprint density at radius 3 is 2.11 bits per heavy atom. The molecule has 1 aliphatic carbocycles. The van der Waals surface area contributed by atoms with E-state index in [4.69, 9.17) is 5.73 Å². The lowest BCUT2D eigenvalue weighted by Gasteiger charge is -2.32. The van der Waals surface area contributed by atoms with Crippen LogP contribution in [0.15, 0.2) is 0 Å². The van der Waals surface area contributed by atoms with Crippen LogP contribution in [0, 0.1) is 5.92 Å². The summed E-state index contributed by atoms with van der Waals surface area (Å²) < 4.78 is 29.1. The van der Waals surface area contributed by atoms with Crippen molar-refractivity contribution in [3.63, 3.8) is 0 Å². The van der Waals surface area contributed by atoms with Crippen molar-refractivity contribution in [2.75, 3.05) is 19.6 Å². The highest BCUT2D eigenvalue weighted by Crippen LogP contribution is 2.39. The van der Waals surface area contributed by atoms with E-state index < -0.39 is 15.7 Å². The van der Waals surface area contributed by atoms with Gasteiger partial charge in [0.1, 0.15) is 0 Å². The molecule has 0 aromatic rings. The number of nitrogens with zero attached hydrogens (tertiary/aromatic N) is 1. The second-order valence-electron chi connectivity index (χ2n) is 5.40. The molecule has 0 spiro atoms. The van der Waals surface area contributed by atoms with Gasteiger partial charge < -0.3 is 5.73 Å². The summed E-state index contributed by atoms with van der Waals surface area (Å²) >= 11 is 0. The van der Waals surface area contributed by atoms with Crippen LogP contribution < -0.4 is 10.5 Å². The largest absolute Gasteiger partial charge is 0.329 e. The van der Waals surface area contributed by atoms with Crippen molar-refractivity contribution in [3.8, 4) is 0 Å². The van der Waals surface area contributed by atoms with E-state index in [-0.39, 0.29) is 0 Å². The van der Waals surface area contributed by atoms with Gasteiger partial charge in [0.05, 0.1) is 0 Å². The zero-order chi connectivity index (χ0) is 13.8. The summed E-state index contributed by atoms with van der Waals surface area (Å²) in [5.74, 6) is 0.391. The number of hydrogen-bond donors (Lipinski definition) is 2. The van der Waals surface area contributed by atoms with E-state index in [1.54, 1.807) is 0 Å². The molecule has 1 atom stereocenters. The highest BCUT2D eigenvalue weighted by atomic mass is 32.2. The van der Waals surface area contributed by atoms with Gasteiger partial charge in [-0.2, -0.15) is 17.4 Å². The Morgan fingerprint density at radius 2 is 1.78 bits per heavy atom. The Bertz CT molecular complexity index is 348. The molecular formula is C12H27N3O2S. The topological polar surface area (TPSA) is 75.4 Å². The first-order chi connectivity index (χ1) is 8.39. The normalized spacial score (nSPS) is 20.1. The maximum atomic E-state index is 12.4. The minimum absolute atomic E-state index is 0.350. The molecule has 0 heterocycles. The summed E-state index contributed by atoms with van der Waals surface area (Å²) in [4.78, 5) is 0. The van der Waals surface area contributed by atoms with Crippen LogP contribution in [0.5, 0.6) is 0 Å². The first-order valence-corrected chi connectivity index (χ1v) is 8.32. The van der Waals surface area contributed by atoms with Crippen LogP contribution in [-0.4, -0.2) is 37.9 Å². The van der Waals surface area contributed by atoms with Gasteiger partial charge in [-0.1, -0.05) is 13.8 Å². The van der Waals surface area contributed by atoms with E-state index in [2.05, 4.69) is 4.72 Å². The van der Waals surface area contributed by atoms with Crippen molar-refractivity contribution in [1.82, 2.24) is 9.03 Å². The van der Waals surface area contributed by atoms with Gasteiger partial charge in [0.15, 0.2) is 0 Å². The Hall–Kier alpha value is -0.170. The molecule has 1 aliphatic rings. The molecule has 1 saturated carbocycles. The van der Waals surface area contributed by atoms with Gasteiger partial charge in [-0.15, -0.1) is 0 Å². The van der Waals surface area contributed by atoms with Gasteiger partial charge in [-0.3, -0.25) is 0 Å². The van der Waals surface area contributed by atoms with E-state index in [0.29, 0.717) is 25.6 Å². The number of hydrogen-bond acceptors (Lipinski definition) is 3. The van der Waals surface area contributed by atoms with Crippen LogP contribution in [0.1, 0.15) is 46.5 Å². The fraction of sp³-hybridized carbons (Fsp3) is 1.00. The standard InChI is InChI=1S/C12H27N3O2S/c1-4-8-15(9-5-2)18(16,17)14-12(3,10-13)11-6-7-11/h11,14H,4-10,13H2,1-3H3. The van der Waals surface area contributed by atoms with Gasteiger partial charge in [0, 0.05) is 25.2 Å². The molecule has 1 fully saturated rings. The maximum absolute atomic E-state index is 12.4. The predicted molar refractivity (Wildman–Crippen MR) is 74.4 cm³/mol. The van der Waals surface area contributed by atoms with Crippen LogP contribution in [0.25, 0.3) is 0 Å². The summed E-state index contributed by atoms with van der Waals surface area (Å²) in [6.45, 7) is 7.37. The second-order valence-corrected chi connectivity index (χ2v) is 7.07. The van der Waals surface area contributed by atoms with Crippen molar-refractivity contribution in [2.24, 2.45) is 11.7 Å². The van der Waals surface area contributed by atoms with E-state index >= 15 is 0 Å². The molecule has 108 valence electrons. The van der Waals surface area contributed by atoms with Gasteiger partial charge in [-0.25, -0.2) is 0 Å². The van der Waals surface area contributed by atoms with Crippen molar-refractivity contribution in [2.45, 2.75) is 52.0 Å². The third kappa shape index (κ3) is 3.91. The average Bonchev–Trinajstić information content (AvgIpc) is 3.12. The molecule has 0 radical (unpaired) electrons. The fourth-order valence-corrected chi connectivity index (χ4v) is 4.04. The molecule has 3 N–H and O–H groups in total. The van der Waals surface area contributed by atoms with Crippen LogP contribution in [0.4, 0.5) is 0 Å². The minimum atomic E-state index is -3.42. The molecule has 18 heavy (non-hydrogen) atoms. The Morgan fingerprint density at radius 1 is 1.28 bits per heavy atom. The van der Waals surface area contributed by atoms with Crippen molar-refractivity contribution in [1.29, 1.82) is 0 Å². The first-order valence-electron chi connectivity index (χ1n) is 6.88. The molecule has 6 heteroatoms.